The topological polar surface area (TPSA) is 12.0 Å². The van der Waals surface area contributed by atoms with E-state index in [0.717, 1.165) is 33.9 Å². The summed E-state index contributed by atoms with van der Waals surface area (Å²) in [5, 5.41) is 3.54. The van der Waals surface area contributed by atoms with Crippen LogP contribution in [-0.4, -0.2) is 6.54 Å². The van der Waals surface area contributed by atoms with Crippen LogP contribution in [0.1, 0.15) is 30.5 Å². The largest absolute Gasteiger partial charge is 0.310 e. The van der Waals surface area contributed by atoms with Crippen molar-refractivity contribution in [2.75, 3.05) is 6.54 Å². The second-order valence-corrected chi connectivity index (χ2v) is 6.77. The van der Waals surface area contributed by atoms with Crippen molar-refractivity contribution < 1.29 is 4.39 Å². The summed E-state index contributed by atoms with van der Waals surface area (Å²) in [5.41, 5.74) is 2.19. The van der Waals surface area contributed by atoms with Crippen molar-refractivity contribution in [2.45, 2.75) is 25.8 Å². The Morgan fingerprint density at radius 2 is 1.81 bits per heavy atom. The first-order valence-corrected chi connectivity index (χ1v) is 8.61. The zero-order valence-electron chi connectivity index (χ0n) is 11.9. The van der Waals surface area contributed by atoms with E-state index in [4.69, 9.17) is 0 Å². The minimum absolute atomic E-state index is 0.177. The van der Waals surface area contributed by atoms with Gasteiger partial charge in [0, 0.05) is 15.0 Å². The molecule has 0 saturated heterocycles. The molecule has 2 aromatic rings. The molecule has 1 N–H and O–H groups in total. The number of halogens is 3. The summed E-state index contributed by atoms with van der Waals surface area (Å²) < 4.78 is 15.5. The van der Waals surface area contributed by atoms with E-state index in [9.17, 15) is 4.39 Å². The molecule has 1 unspecified atom stereocenters. The summed E-state index contributed by atoms with van der Waals surface area (Å²) in [6.45, 7) is 3.08. The average Bonchev–Trinajstić information content (AvgIpc) is 2.48. The van der Waals surface area contributed by atoms with Gasteiger partial charge in [0.25, 0.3) is 0 Å². The summed E-state index contributed by atoms with van der Waals surface area (Å²) in [7, 11) is 0. The average molecular weight is 415 g/mol. The number of hydrogen-bond acceptors (Lipinski definition) is 1. The lowest BCUT2D eigenvalue weighted by Gasteiger charge is -2.20. The lowest BCUT2D eigenvalue weighted by molar-refractivity contribution is 0.526. The highest BCUT2D eigenvalue weighted by molar-refractivity contribution is 9.10. The molecule has 0 fully saturated rings. The van der Waals surface area contributed by atoms with Gasteiger partial charge in [0.15, 0.2) is 0 Å². The molecule has 112 valence electrons. The fourth-order valence-corrected chi connectivity index (χ4v) is 2.91. The van der Waals surface area contributed by atoms with E-state index in [-0.39, 0.29) is 11.9 Å². The molecule has 0 heterocycles. The zero-order chi connectivity index (χ0) is 15.2. The molecular weight excluding hydrogens is 397 g/mol. The minimum Gasteiger partial charge on any atom is -0.310 e. The maximum Gasteiger partial charge on any atom is 0.123 e. The molecule has 0 aliphatic carbocycles. The van der Waals surface area contributed by atoms with Crippen molar-refractivity contribution in [2.24, 2.45) is 0 Å². The molecule has 1 nitrogen and oxygen atoms in total. The Morgan fingerprint density at radius 3 is 2.48 bits per heavy atom. The van der Waals surface area contributed by atoms with Gasteiger partial charge in [-0.05, 0) is 60.8 Å². The first kappa shape index (κ1) is 16.7. The van der Waals surface area contributed by atoms with Crippen LogP contribution in [0.3, 0.4) is 0 Å². The second kappa shape index (κ2) is 8.06. The third-order valence-corrected chi connectivity index (χ3v) is 4.65. The minimum atomic E-state index is -0.196. The molecule has 0 amide bonds. The fourth-order valence-electron chi connectivity index (χ4n) is 2.24. The van der Waals surface area contributed by atoms with Crippen LogP contribution in [0, 0.1) is 5.82 Å². The Morgan fingerprint density at radius 1 is 1.10 bits per heavy atom. The van der Waals surface area contributed by atoms with E-state index < -0.39 is 0 Å². The van der Waals surface area contributed by atoms with Crippen LogP contribution in [0.25, 0.3) is 0 Å². The van der Waals surface area contributed by atoms with E-state index in [1.807, 2.05) is 12.1 Å². The van der Waals surface area contributed by atoms with Gasteiger partial charge in [-0.1, -0.05) is 50.9 Å². The summed E-state index contributed by atoms with van der Waals surface area (Å²) in [4.78, 5) is 0. The highest BCUT2D eigenvalue weighted by Gasteiger charge is 2.14. The normalized spacial score (nSPS) is 12.4. The van der Waals surface area contributed by atoms with Crippen LogP contribution in [0.2, 0.25) is 0 Å². The van der Waals surface area contributed by atoms with Crippen molar-refractivity contribution in [3.05, 3.63) is 68.4 Å². The number of rotatable bonds is 6. The number of benzene rings is 2. The highest BCUT2D eigenvalue weighted by atomic mass is 79.9. The van der Waals surface area contributed by atoms with Gasteiger partial charge in [0.05, 0.1) is 0 Å². The molecule has 2 rings (SSSR count). The van der Waals surface area contributed by atoms with Crippen molar-refractivity contribution in [1.29, 1.82) is 0 Å². The lowest BCUT2D eigenvalue weighted by Crippen LogP contribution is -2.24. The molecule has 1 atom stereocenters. The maximum absolute atomic E-state index is 13.5. The van der Waals surface area contributed by atoms with Gasteiger partial charge in [-0.3, -0.25) is 0 Å². The Hall–Kier alpha value is -0.710. The second-order valence-electron chi connectivity index (χ2n) is 5.00. The number of nitrogens with one attached hydrogen (secondary N) is 1. The first-order valence-electron chi connectivity index (χ1n) is 7.03. The summed E-state index contributed by atoms with van der Waals surface area (Å²) in [6, 6.07) is 13.3. The molecule has 4 heteroatoms. The lowest BCUT2D eigenvalue weighted by atomic mass is 9.98. The van der Waals surface area contributed by atoms with Crippen molar-refractivity contribution in [3.63, 3.8) is 0 Å². The van der Waals surface area contributed by atoms with Gasteiger partial charge < -0.3 is 5.32 Å². The zero-order valence-corrected chi connectivity index (χ0v) is 15.0. The van der Waals surface area contributed by atoms with Crippen molar-refractivity contribution >= 4 is 31.9 Å². The van der Waals surface area contributed by atoms with Gasteiger partial charge in [0.1, 0.15) is 5.82 Å². The quantitative estimate of drug-likeness (QED) is 0.645. The van der Waals surface area contributed by atoms with Gasteiger partial charge in [-0.15, -0.1) is 0 Å². The molecular formula is C17H18Br2FN. The molecule has 0 saturated carbocycles. The van der Waals surface area contributed by atoms with E-state index in [0.29, 0.717) is 0 Å². The fraction of sp³-hybridized carbons (Fsp3) is 0.294. The van der Waals surface area contributed by atoms with Gasteiger partial charge >= 0.3 is 0 Å². The molecule has 0 spiro atoms. The van der Waals surface area contributed by atoms with Gasteiger partial charge in [0.2, 0.25) is 0 Å². The predicted octanol–water partition coefficient (Wildman–Crippen LogP) is 5.63. The third-order valence-electron chi connectivity index (χ3n) is 3.34. The van der Waals surface area contributed by atoms with E-state index in [1.54, 1.807) is 12.1 Å². The third kappa shape index (κ3) is 4.90. The van der Waals surface area contributed by atoms with Crippen LogP contribution < -0.4 is 5.32 Å². The Labute approximate surface area is 142 Å². The molecule has 0 aliphatic rings. The van der Waals surface area contributed by atoms with Crippen LogP contribution in [0.15, 0.2) is 51.4 Å². The smallest absolute Gasteiger partial charge is 0.123 e. The van der Waals surface area contributed by atoms with E-state index in [2.05, 4.69) is 56.2 Å². The van der Waals surface area contributed by atoms with Crippen LogP contribution in [0.4, 0.5) is 4.39 Å². The molecule has 21 heavy (non-hydrogen) atoms. The van der Waals surface area contributed by atoms with Crippen LogP contribution >= 0.6 is 31.9 Å². The molecule has 0 aromatic heterocycles. The van der Waals surface area contributed by atoms with Crippen LogP contribution in [-0.2, 0) is 6.42 Å². The highest BCUT2D eigenvalue weighted by Crippen LogP contribution is 2.25. The maximum atomic E-state index is 13.5. The Bertz CT molecular complexity index is 584. The van der Waals surface area contributed by atoms with Gasteiger partial charge in [-0.25, -0.2) is 4.39 Å². The van der Waals surface area contributed by atoms with Gasteiger partial charge in [-0.2, -0.15) is 0 Å². The summed E-state index contributed by atoms with van der Waals surface area (Å²) in [5.74, 6) is -0.196. The van der Waals surface area contributed by atoms with Crippen molar-refractivity contribution in [3.8, 4) is 0 Å². The molecule has 2 aromatic carbocycles. The molecule has 0 aliphatic heterocycles. The van der Waals surface area contributed by atoms with E-state index >= 15 is 0 Å². The Kier molecular flexibility index (Phi) is 6.40. The number of hydrogen-bond donors (Lipinski definition) is 1. The summed E-state index contributed by atoms with van der Waals surface area (Å²) in [6.07, 6.45) is 1.82. The van der Waals surface area contributed by atoms with E-state index in [1.165, 1.54) is 11.6 Å². The summed E-state index contributed by atoms with van der Waals surface area (Å²) >= 11 is 6.97. The molecule has 0 bridgehead atoms. The standard InChI is InChI=1S/C17H18Br2FN/c1-2-9-21-17(12-3-5-14(18)6-4-12)11-13-10-15(20)7-8-16(13)19/h3-8,10,17,21H,2,9,11H2,1H3. The van der Waals surface area contributed by atoms with Crippen LogP contribution in [0.5, 0.6) is 0 Å². The predicted molar refractivity (Wildman–Crippen MR) is 93.0 cm³/mol. The SMILES string of the molecule is CCCNC(Cc1cc(F)ccc1Br)c1ccc(Br)cc1. The van der Waals surface area contributed by atoms with Crippen molar-refractivity contribution in [1.82, 2.24) is 5.32 Å². The first-order chi connectivity index (χ1) is 10.1. The Balaban J connectivity index is 2.23. The monoisotopic (exact) mass is 413 g/mol. The molecule has 0 radical (unpaired) electrons.